The van der Waals surface area contributed by atoms with Crippen molar-refractivity contribution < 1.29 is 19.8 Å². The van der Waals surface area contributed by atoms with Crippen LogP contribution in [-0.2, 0) is 9.57 Å². The Bertz CT molecular complexity index is 1060. The summed E-state index contributed by atoms with van der Waals surface area (Å²) in [5, 5.41) is 21.4. The molecule has 0 unspecified atom stereocenters. The van der Waals surface area contributed by atoms with Gasteiger partial charge < -0.3 is 19.8 Å². The Balaban J connectivity index is 2.23. The van der Waals surface area contributed by atoms with Gasteiger partial charge in [0.1, 0.15) is 23.4 Å². The quantitative estimate of drug-likeness (QED) is 0.116. The minimum atomic E-state index is -0.969. The molecule has 1 aliphatic heterocycles. The minimum absolute atomic E-state index is 0.0325. The van der Waals surface area contributed by atoms with Crippen LogP contribution in [0.1, 0.15) is 39.0 Å². The fraction of sp³-hybridized carbons (Fsp3) is 0.355. The maximum absolute atomic E-state index is 11.3. The maximum Gasteiger partial charge on any atom is 0.134 e. The first-order chi connectivity index (χ1) is 18.3. The number of ether oxygens (including phenoxy) is 1. The molecular formula is C31H41ClN2O4. The number of likely N-dealkylation sites (tertiary alicyclic amines) is 1. The first-order valence-corrected chi connectivity index (χ1v) is 13.3. The number of hydrogen-bond donors (Lipinski definition) is 3. The molecule has 0 aromatic rings. The van der Waals surface area contributed by atoms with Gasteiger partial charge in [-0.3, -0.25) is 4.90 Å². The zero-order valence-electron chi connectivity index (χ0n) is 22.3. The molecule has 206 valence electrons. The van der Waals surface area contributed by atoms with Gasteiger partial charge in [-0.05, 0) is 67.7 Å². The molecule has 2 rings (SSSR count). The van der Waals surface area contributed by atoms with Crippen LogP contribution in [0.25, 0.3) is 0 Å². The zero-order valence-corrected chi connectivity index (χ0v) is 23.1. The summed E-state index contributed by atoms with van der Waals surface area (Å²) in [6.07, 6.45) is 19.8. The number of rotatable bonds is 16. The number of nitrogens with two attached hydrogens (primary N) is 1. The van der Waals surface area contributed by atoms with Gasteiger partial charge in [0.2, 0.25) is 0 Å². The Hall–Kier alpha value is -3.03. The van der Waals surface area contributed by atoms with Gasteiger partial charge in [-0.15, -0.1) is 0 Å². The van der Waals surface area contributed by atoms with Crippen molar-refractivity contribution in [2.24, 2.45) is 5.90 Å². The van der Waals surface area contributed by atoms with Crippen molar-refractivity contribution in [3.63, 3.8) is 0 Å². The monoisotopic (exact) mass is 540 g/mol. The third-order valence-corrected chi connectivity index (χ3v) is 6.49. The van der Waals surface area contributed by atoms with E-state index in [-0.39, 0.29) is 24.7 Å². The number of halogens is 1. The van der Waals surface area contributed by atoms with E-state index in [4.69, 9.17) is 27.1 Å². The second-order valence-electron chi connectivity index (χ2n) is 9.07. The molecule has 2 aliphatic rings. The summed E-state index contributed by atoms with van der Waals surface area (Å²) >= 11 is 6.48. The van der Waals surface area contributed by atoms with Gasteiger partial charge in [0, 0.05) is 30.1 Å². The van der Waals surface area contributed by atoms with Crippen LogP contribution in [0.2, 0.25) is 0 Å². The molecule has 1 fully saturated rings. The van der Waals surface area contributed by atoms with E-state index >= 15 is 0 Å². The molecule has 6 nitrogen and oxygen atoms in total. The third-order valence-electron chi connectivity index (χ3n) is 6.13. The van der Waals surface area contributed by atoms with Gasteiger partial charge in [-0.1, -0.05) is 74.7 Å². The van der Waals surface area contributed by atoms with E-state index in [0.29, 0.717) is 27.7 Å². The van der Waals surface area contributed by atoms with Crippen LogP contribution in [0.3, 0.4) is 0 Å². The first kappa shape index (κ1) is 31.2. The largest absolute Gasteiger partial charge is 0.508 e. The second kappa shape index (κ2) is 16.7. The Labute approximate surface area is 232 Å². The van der Waals surface area contributed by atoms with E-state index in [1.807, 2.05) is 30.4 Å². The Morgan fingerprint density at radius 2 is 1.97 bits per heavy atom. The van der Waals surface area contributed by atoms with Crippen molar-refractivity contribution >= 4 is 11.6 Å². The lowest BCUT2D eigenvalue weighted by molar-refractivity contribution is -0.0171. The molecule has 7 heteroatoms. The summed E-state index contributed by atoms with van der Waals surface area (Å²) in [6.45, 7) is 16.6. The first-order valence-electron chi connectivity index (χ1n) is 12.9. The molecular weight excluding hydrogens is 500 g/mol. The average molecular weight is 541 g/mol. The van der Waals surface area contributed by atoms with E-state index in [1.165, 1.54) is 12.2 Å². The summed E-state index contributed by atoms with van der Waals surface area (Å²) < 4.78 is 6.09. The highest BCUT2D eigenvalue weighted by atomic mass is 35.5. The van der Waals surface area contributed by atoms with E-state index in [2.05, 4.69) is 31.6 Å². The SMILES string of the molecule is C=C/C=C(\C=C/C[C@H](O)/C(C(=C)C1=CCCC=C1Cl)=C(\C/C=C\C=C(\O)C=C)ON)OC1CN(CCC)C1. The highest BCUT2D eigenvalue weighted by Crippen LogP contribution is 2.35. The lowest BCUT2D eigenvalue weighted by Crippen LogP contribution is -2.51. The average Bonchev–Trinajstić information content (AvgIpc) is 2.88. The van der Waals surface area contributed by atoms with Crippen LogP contribution in [-0.4, -0.2) is 47.0 Å². The fourth-order valence-corrected chi connectivity index (χ4v) is 4.51. The third kappa shape index (κ3) is 9.69. The van der Waals surface area contributed by atoms with E-state index < -0.39 is 6.10 Å². The van der Waals surface area contributed by atoms with Crippen molar-refractivity contribution in [3.05, 3.63) is 120 Å². The summed E-state index contributed by atoms with van der Waals surface area (Å²) in [5.41, 5.74) is 1.76. The molecule has 0 aromatic carbocycles. The smallest absolute Gasteiger partial charge is 0.134 e. The van der Waals surface area contributed by atoms with Crippen LogP contribution in [0.4, 0.5) is 0 Å². The normalized spacial score (nSPS) is 18.9. The molecule has 0 aromatic heterocycles. The summed E-state index contributed by atoms with van der Waals surface area (Å²) in [5.74, 6) is 6.72. The van der Waals surface area contributed by atoms with Crippen LogP contribution < -0.4 is 5.90 Å². The van der Waals surface area contributed by atoms with Gasteiger partial charge in [-0.2, -0.15) is 5.90 Å². The Kier molecular flexibility index (Phi) is 13.7. The maximum atomic E-state index is 11.3. The van der Waals surface area contributed by atoms with Gasteiger partial charge in [-0.25, -0.2) is 0 Å². The minimum Gasteiger partial charge on any atom is -0.508 e. The van der Waals surface area contributed by atoms with Crippen LogP contribution in [0, 0.1) is 0 Å². The number of allylic oxidation sites excluding steroid dienone is 11. The molecule has 1 atom stereocenters. The van der Waals surface area contributed by atoms with E-state index in [0.717, 1.165) is 44.5 Å². The van der Waals surface area contributed by atoms with Crippen molar-refractivity contribution in [1.29, 1.82) is 0 Å². The molecule has 0 spiro atoms. The van der Waals surface area contributed by atoms with Gasteiger partial charge in [0.25, 0.3) is 0 Å². The predicted octanol–water partition coefficient (Wildman–Crippen LogP) is 6.59. The van der Waals surface area contributed by atoms with Gasteiger partial charge in [0.05, 0.1) is 6.10 Å². The van der Waals surface area contributed by atoms with Gasteiger partial charge in [0.15, 0.2) is 0 Å². The van der Waals surface area contributed by atoms with Crippen molar-refractivity contribution in [1.82, 2.24) is 4.90 Å². The lowest BCUT2D eigenvalue weighted by atomic mass is 9.89. The Morgan fingerprint density at radius 1 is 1.24 bits per heavy atom. The van der Waals surface area contributed by atoms with E-state index in [9.17, 15) is 10.2 Å². The summed E-state index contributed by atoms with van der Waals surface area (Å²) in [4.78, 5) is 7.57. The number of hydrogen-bond acceptors (Lipinski definition) is 6. The van der Waals surface area contributed by atoms with Crippen molar-refractivity contribution in [2.75, 3.05) is 19.6 Å². The number of aliphatic hydroxyl groups is 2. The predicted molar refractivity (Wildman–Crippen MR) is 157 cm³/mol. The molecule has 1 aliphatic carbocycles. The molecule has 4 N–H and O–H groups in total. The van der Waals surface area contributed by atoms with Crippen LogP contribution in [0.15, 0.2) is 120 Å². The Morgan fingerprint density at radius 3 is 2.61 bits per heavy atom. The highest BCUT2D eigenvalue weighted by molar-refractivity contribution is 6.32. The van der Waals surface area contributed by atoms with Crippen molar-refractivity contribution in [3.8, 4) is 0 Å². The molecule has 0 saturated carbocycles. The fourth-order valence-electron chi connectivity index (χ4n) is 4.21. The molecule has 38 heavy (non-hydrogen) atoms. The topological polar surface area (TPSA) is 88.2 Å². The molecule has 0 radical (unpaired) electrons. The van der Waals surface area contributed by atoms with Gasteiger partial charge >= 0.3 is 0 Å². The molecule has 1 saturated heterocycles. The summed E-state index contributed by atoms with van der Waals surface area (Å²) in [7, 11) is 0. The zero-order chi connectivity index (χ0) is 27.9. The second-order valence-corrected chi connectivity index (χ2v) is 9.47. The lowest BCUT2D eigenvalue weighted by Gasteiger charge is -2.39. The summed E-state index contributed by atoms with van der Waals surface area (Å²) in [6, 6.07) is 0. The highest BCUT2D eigenvalue weighted by Gasteiger charge is 2.27. The van der Waals surface area contributed by atoms with Crippen LogP contribution >= 0.6 is 11.6 Å². The molecule has 1 heterocycles. The number of nitrogens with zero attached hydrogens (tertiary/aromatic N) is 1. The number of aliphatic hydroxyl groups excluding tert-OH is 2. The molecule has 0 bridgehead atoms. The molecule has 0 amide bonds. The standard InChI is InChI=1S/C31H41ClN2O4/c1-5-13-25(37-26-21-34(22-26)20-6-2)15-12-18-29(36)31(23(4)27-16-9-10-17-28(27)32)30(38-33)19-11-8-14-24(35)7-3/h5,7-8,11-17,26,29,35-36H,1,3-4,6,9-10,18-22,33H2,2H3/b11-8-,15-12-,24-14+,25-13+,31-30+/t29-/m0/s1. The van der Waals surface area contributed by atoms with Crippen molar-refractivity contribution in [2.45, 2.75) is 51.2 Å². The van der Waals surface area contributed by atoms with Crippen LogP contribution in [0.5, 0.6) is 0 Å². The van der Waals surface area contributed by atoms with E-state index in [1.54, 1.807) is 18.2 Å².